The molecule has 32 heavy (non-hydrogen) atoms. The Labute approximate surface area is 187 Å². The Morgan fingerprint density at radius 3 is 2.56 bits per heavy atom. The molecule has 0 heterocycles. The molecule has 8 nitrogen and oxygen atoms in total. The number of carbonyl (C=O) groups is 3. The second-order valence-electron chi connectivity index (χ2n) is 7.90. The summed E-state index contributed by atoms with van der Waals surface area (Å²) in [6, 6.07) is 13.0. The summed E-state index contributed by atoms with van der Waals surface area (Å²) in [5.74, 6) is -0.257. The van der Waals surface area contributed by atoms with Gasteiger partial charge in [-0.05, 0) is 48.6 Å². The predicted molar refractivity (Wildman–Crippen MR) is 122 cm³/mol. The summed E-state index contributed by atoms with van der Waals surface area (Å²) in [5.41, 5.74) is 1.65. The van der Waals surface area contributed by atoms with Gasteiger partial charge in [-0.2, -0.15) is 0 Å². The fourth-order valence-corrected chi connectivity index (χ4v) is 3.90. The van der Waals surface area contributed by atoms with Crippen LogP contribution in [-0.4, -0.2) is 43.2 Å². The summed E-state index contributed by atoms with van der Waals surface area (Å²) >= 11 is 0. The highest BCUT2D eigenvalue weighted by Gasteiger charge is 2.25. The van der Waals surface area contributed by atoms with Gasteiger partial charge in [0.25, 0.3) is 0 Å². The highest BCUT2D eigenvalue weighted by Crippen LogP contribution is 2.31. The van der Waals surface area contributed by atoms with Crippen molar-refractivity contribution in [2.45, 2.75) is 32.1 Å². The zero-order chi connectivity index (χ0) is 22.9. The number of para-hydroxylation sites is 2. The molecule has 1 fully saturated rings. The first-order chi connectivity index (χ1) is 15.5. The van der Waals surface area contributed by atoms with Gasteiger partial charge in [-0.1, -0.05) is 37.1 Å². The van der Waals surface area contributed by atoms with Gasteiger partial charge in [0.2, 0.25) is 5.91 Å². The number of hydrogen-bond acceptors (Lipinski definition) is 5. The van der Waals surface area contributed by atoms with E-state index < -0.39 is 6.03 Å². The van der Waals surface area contributed by atoms with E-state index in [4.69, 9.17) is 0 Å². The molecule has 0 aliphatic heterocycles. The number of anilines is 2. The number of ether oxygens (including phenoxy) is 1. The van der Waals surface area contributed by atoms with E-state index in [2.05, 4.69) is 15.4 Å². The smallest absolute Gasteiger partial charge is 0.319 e. The maximum Gasteiger partial charge on any atom is 0.319 e. The molecule has 8 heteroatoms. The molecule has 0 aromatic heterocycles. The van der Waals surface area contributed by atoms with Crippen LogP contribution in [0.3, 0.4) is 0 Å². The van der Waals surface area contributed by atoms with E-state index in [1.165, 1.54) is 7.11 Å². The topological polar surface area (TPSA) is 108 Å². The van der Waals surface area contributed by atoms with Gasteiger partial charge in [-0.15, -0.1) is 0 Å². The standard InChI is InChI=1S/C24H29N3O5/c1-32-23(30)14-18-9-6-10-19(13-18)26-24(31)25-15-22(29)27(16-17-7-2-3-8-17)20-11-4-5-12-21(20)28/h4-6,9-13,17,28H,2-3,7-8,14-16H2,1H3,(H2,25,26,31). The molecule has 3 rings (SSSR count). The number of amides is 3. The Morgan fingerprint density at radius 1 is 1.09 bits per heavy atom. The molecule has 0 unspecified atom stereocenters. The maximum absolute atomic E-state index is 13.0. The van der Waals surface area contributed by atoms with Crippen molar-refractivity contribution in [2.24, 2.45) is 5.92 Å². The lowest BCUT2D eigenvalue weighted by Gasteiger charge is -2.26. The van der Waals surface area contributed by atoms with Crippen LogP contribution in [0.2, 0.25) is 0 Å². The van der Waals surface area contributed by atoms with E-state index in [1.807, 2.05) is 0 Å². The van der Waals surface area contributed by atoms with Gasteiger partial charge < -0.3 is 25.4 Å². The summed E-state index contributed by atoms with van der Waals surface area (Å²) in [6.45, 7) is 0.296. The summed E-state index contributed by atoms with van der Waals surface area (Å²) in [5, 5.41) is 15.5. The minimum Gasteiger partial charge on any atom is -0.506 e. The Hall–Kier alpha value is -3.55. The number of hydrogen-bond donors (Lipinski definition) is 3. The van der Waals surface area contributed by atoms with Crippen molar-refractivity contribution in [1.29, 1.82) is 0 Å². The van der Waals surface area contributed by atoms with Crippen molar-refractivity contribution in [2.75, 3.05) is 30.4 Å². The third kappa shape index (κ3) is 6.47. The highest BCUT2D eigenvalue weighted by atomic mass is 16.5. The molecule has 2 aromatic carbocycles. The minimum atomic E-state index is -0.535. The average Bonchev–Trinajstić information content (AvgIpc) is 3.30. The molecule has 0 atom stereocenters. The van der Waals surface area contributed by atoms with Crippen LogP contribution in [0.25, 0.3) is 0 Å². The summed E-state index contributed by atoms with van der Waals surface area (Å²) in [7, 11) is 1.32. The highest BCUT2D eigenvalue weighted by molar-refractivity contribution is 5.99. The zero-order valence-corrected chi connectivity index (χ0v) is 18.2. The summed E-state index contributed by atoms with van der Waals surface area (Å²) < 4.78 is 4.66. The van der Waals surface area contributed by atoms with Crippen LogP contribution in [0.15, 0.2) is 48.5 Å². The number of phenolic OH excluding ortho intramolecular Hbond substituents is 1. The van der Waals surface area contributed by atoms with Crippen molar-refractivity contribution in [3.05, 3.63) is 54.1 Å². The molecule has 0 bridgehead atoms. The van der Waals surface area contributed by atoms with E-state index in [-0.39, 0.29) is 30.6 Å². The van der Waals surface area contributed by atoms with Gasteiger partial charge in [0.1, 0.15) is 5.75 Å². The second kappa shape index (κ2) is 11.2. The molecular formula is C24H29N3O5. The molecule has 2 aromatic rings. The first kappa shape index (κ1) is 23.1. The monoisotopic (exact) mass is 439 g/mol. The molecular weight excluding hydrogens is 410 g/mol. The van der Waals surface area contributed by atoms with E-state index in [9.17, 15) is 19.5 Å². The SMILES string of the molecule is COC(=O)Cc1cccc(NC(=O)NCC(=O)N(CC2CCCC2)c2ccccc2O)c1. The van der Waals surface area contributed by atoms with Crippen LogP contribution in [0.4, 0.5) is 16.2 Å². The van der Waals surface area contributed by atoms with Crippen LogP contribution >= 0.6 is 0 Å². The zero-order valence-electron chi connectivity index (χ0n) is 18.2. The van der Waals surface area contributed by atoms with Gasteiger partial charge in [0.05, 0.1) is 25.8 Å². The molecule has 0 spiro atoms. The lowest BCUT2D eigenvalue weighted by molar-refractivity contribution is -0.139. The maximum atomic E-state index is 13.0. The van der Waals surface area contributed by atoms with Crippen LogP contribution in [0.5, 0.6) is 5.75 Å². The van der Waals surface area contributed by atoms with Crippen molar-refractivity contribution in [3.8, 4) is 5.75 Å². The van der Waals surface area contributed by atoms with Crippen LogP contribution in [0, 0.1) is 5.92 Å². The number of nitrogens with zero attached hydrogens (tertiary/aromatic N) is 1. The Bertz CT molecular complexity index is 956. The van der Waals surface area contributed by atoms with Crippen molar-refractivity contribution < 1.29 is 24.2 Å². The number of rotatable bonds is 8. The van der Waals surface area contributed by atoms with Crippen molar-refractivity contribution in [3.63, 3.8) is 0 Å². The van der Waals surface area contributed by atoms with E-state index >= 15 is 0 Å². The quantitative estimate of drug-likeness (QED) is 0.546. The van der Waals surface area contributed by atoms with Gasteiger partial charge in [0.15, 0.2) is 0 Å². The molecule has 1 aliphatic carbocycles. The first-order valence-electron chi connectivity index (χ1n) is 10.7. The Kier molecular flexibility index (Phi) is 8.08. The molecule has 0 saturated heterocycles. The molecule has 3 amide bonds. The number of carbonyl (C=O) groups excluding carboxylic acids is 3. The van der Waals surface area contributed by atoms with Crippen LogP contribution < -0.4 is 15.5 Å². The number of benzene rings is 2. The predicted octanol–water partition coefficient (Wildman–Crippen LogP) is 3.45. The number of nitrogens with one attached hydrogen (secondary N) is 2. The average molecular weight is 440 g/mol. The van der Waals surface area contributed by atoms with E-state index in [0.717, 1.165) is 25.7 Å². The van der Waals surface area contributed by atoms with Crippen LogP contribution in [0.1, 0.15) is 31.2 Å². The Morgan fingerprint density at radius 2 is 1.84 bits per heavy atom. The Balaban J connectivity index is 1.60. The molecule has 1 aliphatic rings. The summed E-state index contributed by atoms with van der Waals surface area (Å²) in [4.78, 5) is 38.3. The van der Waals surface area contributed by atoms with Gasteiger partial charge in [0, 0.05) is 12.2 Å². The normalized spacial score (nSPS) is 13.4. The lowest BCUT2D eigenvalue weighted by atomic mass is 10.1. The van der Waals surface area contributed by atoms with E-state index in [1.54, 1.807) is 53.4 Å². The largest absolute Gasteiger partial charge is 0.506 e. The molecule has 0 radical (unpaired) electrons. The van der Waals surface area contributed by atoms with E-state index in [0.29, 0.717) is 29.4 Å². The number of urea groups is 1. The van der Waals surface area contributed by atoms with Crippen molar-refractivity contribution >= 4 is 29.3 Å². The summed E-state index contributed by atoms with van der Waals surface area (Å²) in [6.07, 6.45) is 4.48. The third-order valence-electron chi connectivity index (χ3n) is 5.55. The molecule has 1 saturated carbocycles. The fourth-order valence-electron chi connectivity index (χ4n) is 3.90. The molecule has 170 valence electrons. The van der Waals surface area contributed by atoms with Crippen molar-refractivity contribution in [1.82, 2.24) is 5.32 Å². The van der Waals surface area contributed by atoms with Gasteiger partial charge in [-0.25, -0.2) is 4.79 Å². The molecule has 3 N–H and O–H groups in total. The van der Waals surface area contributed by atoms with Gasteiger partial charge >= 0.3 is 12.0 Å². The third-order valence-corrected chi connectivity index (χ3v) is 5.55. The number of methoxy groups -OCH3 is 1. The first-order valence-corrected chi connectivity index (χ1v) is 10.7. The minimum absolute atomic E-state index is 0.0331. The number of phenols is 1. The second-order valence-corrected chi connectivity index (χ2v) is 7.90. The lowest BCUT2D eigenvalue weighted by Crippen LogP contribution is -2.43. The fraction of sp³-hybridized carbons (Fsp3) is 0.375. The number of esters is 1. The number of aromatic hydroxyl groups is 1. The van der Waals surface area contributed by atoms with Gasteiger partial charge in [-0.3, -0.25) is 9.59 Å². The van der Waals surface area contributed by atoms with Crippen LogP contribution in [-0.2, 0) is 20.7 Å².